The maximum Gasteiger partial charge on any atom is 0.303 e. The summed E-state index contributed by atoms with van der Waals surface area (Å²) in [6.07, 6.45) is 2.35. The summed E-state index contributed by atoms with van der Waals surface area (Å²) in [5.74, 6) is -0.741. The summed E-state index contributed by atoms with van der Waals surface area (Å²) in [5.41, 5.74) is 8.07. The highest BCUT2D eigenvalue weighted by Crippen LogP contribution is 2.49. The zero-order chi connectivity index (χ0) is 32.5. The Morgan fingerprint density at radius 1 is 0.643 bits per heavy atom. The highest BCUT2D eigenvalue weighted by Gasteiger charge is 2.30. The van der Waals surface area contributed by atoms with E-state index in [-0.39, 0.29) is 32.2 Å². The summed E-state index contributed by atoms with van der Waals surface area (Å²) in [7, 11) is 0. The van der Waals surface area contributed by atoms with Gasteiger partial charge in [-0.25, -0.2) is 0 Å². The maximum atomic E-state index is 11.1. The molecule has 0 radical (unpaired) electrons. The molecule has 2 nitrogen and oxygen atoms in total. The third-order valence-corrected chi connectivity index (χ3v) is 9.98. The van der Waals surface area contributed by atoms with E-state index in [0.29, 0.717) is 6.42 Å². The van der Waals surface area contributed by atoms with Crippen molar-refractivity contribution >= 4 is 29.5 Å². The van der Waals surface area contributed by atoms with E-state index in [9.17, 15) is 4.79 Å². The number of carbonyl (C=O) groups is 1. The summed E-state index contributed by atoms with van der Waals surface area (Å²) in [6.45, 7) is 36.6. The number of hydrogen-bond donors (Lipinski definition) is 1. The molecule has 0 amide bonds. The number of benzene rings is 2. The van der Waals surface area contributed by atoms with Crippen LogP contribution in [-0.2, 0) is 32.9 Å². The van der Waals surface area contributed by atoms with E-state index in [0.717, 1.165) is 18.4 Å². The summed E-state index contributed by atoms with van der Waals surface area (Å²) in [5, 5.41) is 9.10. The Morgan fingerprint density at radius 3 is 1.40 bits per heavy atom. The van der Waals surface area contributed by atoms with Crippen molar-refractivity contribution in [2.24, 2.45) is 0 Å². The minimum absolute atomic E-state index is 0.0345. The minimum Gasteiger partial charge on any atom is -0.481 e. The lowest BCUT2D eigenvalue weighted by Crippen LogP contribution is -2.22. The van der Waals surface area contributed by atoms with Crippen LogP contribution in [0.1, 0.15) is 144 Å². The molecule has 0 fully saturated rings. The summed E-state index contributed by atoms with van der Waals surface area (Å²) in [6, 6.07) is 12.0. The van der Waals surface area contributed by atoms with Crippen molar-refractivity contribution in [1.29, 1.82) is 0 Å². The average molecular weight is 611 g/mol. The maximum absolute atomic E-state index is 11.1. The second-order valence-corrected chi connectivity index (χ2v) is 20.2. The van der Waals surface area contributed by atoms with Crippen molar-refractivity contribution in [3.8, 4) is 0 Å². The molecule has 42 heavy (non-hydrogen) atoms. The van der Waals surface area contributed by atoms with Crippen molar-refractivity contribution in [3.05, 3.63) is 70.3 Å². The normalized spacial score (nSPS) is 13.4. The van der Waals surface area contributed by atoms with Crippen LogP contribution in [0.5, 0.6) is 0 Å². The van der Waals surface area contributed by atoms with Crippen LogP contribution in [0.15, 0.2) is 52.3 Å². The van der Waals surface area contributed by atoms with E-state index >= 15 is 0 Å². The summed E-state index contributed by atoms with van der Waals surface area (Å²) in [4.78, 5) is 13.7. The first-order valence-electron chi connectivity index (χ1n) is 15.4. The molecule has 2 rings (SSSR count). The highest BCUT2D eigenvalue weighted by molar-refractivity contribution is 8.18. The Hall–Kier alpha value is -1.65. The van der Waals surface area contributed by atoms with Crippen LogP contribution >= 0.6 is 23.5 Å². The number of allylic oxidation sites excluding steroid dienone is 1. The Labute approximate surface area is 266 Å². The van der Waals surface area contributed by atoms with Crippen LogP contribution in [-0.4, -0.2) is 15.2 Å². The Bertz CT molecular complexity index is 1200. The van der Waals surface area contributed by atoms with Crippen LogP contribution in [0, 0.1) is 0 Å². The standard InChI is InChI=1S/C38H58O2S2/c1-25(17-16-18-33(39)40)19-30-31(36(8,9)10)23-29(24-32(30)37(11,12)13)42-38(14,15)41-28-21-26(34(2,3)4)20-27(22-28)35(5,6)7/h20-24H,1,16-19H2,2-15H3,(H,39,40). The largest absolute Gasteiger partial charge is 0.481 e. The van der Waals surface area contributed by atoms with Crippen LogP contribution in [0.25, 0.3) is 0 Å². The molecule has 2 aromatic rings. The van der Waals surface area contributed by atoms with Gasteiger partial charge >= 0.3 is 5.97 Å². The number of aliphatic carboxylic acids is 1. The van der Waals surface area contributed by atoms with Gasteiger partial charge in [0, 0.05) is 16.2 Å². The first-order chi connectivity index (χ1) is 18.8. The molecule has 0 aliphatic heterocycles. The first-order valence-corrected chi connectivity index (χ1v) is 17.0. The van der Waals surface area contributed by atoms with E-state index in [2.05, 4.69) is 134 Å². The molecule has 0 unspecified atom stereocenters. The molecule has 0 saturated heterocycles. The van der Waals surface area contributed by atoms with Gasteiger partial charge < -0.3 is 5.11 Å². The molecule has 0 saturated carbocycles. The van der Waals surface area contributed by atoms with E-state index in [4.69, 9.17) is 5.11 Å². The third kappa shape index (κ3) is 10.8. The zero-order valence-electron chi connectivity index (χ0n) is 29.1. The van der Waals surface area contributed by atoms with E-state index in [1.165, 1.54) is 37.6 Å². The Balaban J connectivity index is 2.54. The minimum atomic E-state index is -0.741. The van der Waals surface area contributed by atoms with E-state index in [1.54, 1.807) is 0 Å². The summed E-state index contributed by atoms with van der Waals surface area (Å²) < 4.78 is -0.0854. The molecule has 1 N–H and O–H groups in total. The van der Waals surface area contributed by atoms with Gasteiger partial charge in [-0.05, 0) is 107 Å². The van der Waals surface area contributed by atoms with Gasteiger partial charge in [-0.3, -0.25) is 4.79 Å². The fraction of sp³-hybridized carbons (Fsp3) is 0.605. The van der Waals surface area contributed by atoms with Gasteiger partial charge in [0.15, 0.2) is 0 Å². The average Bonchev–Trinajstić information content (AvgIpc) is 2.76. The molecule has 2 aromatic carbocycles. The predicted octanol–water partition coefficient (Wildman–Crippen LogP) is 11.9. The molecule has 0 atom stereocenters. The van der Waals surface area contributed by atoms with Crippen molar-refractivity contribution in [2.75, 3.05) is 0 Å². The fourth-order valence-electron chi connectivity index (χ4n) is 5.17. The first kappa shape index (κ1) is 36.5. The molecule has 0 bridgehead atoms. The molecule has 4 heteroatoms. The van der Waals surface area contributed by atoms with Gasteiger partial charge in [0.05, 0.1) is 4.08 Å². The third-order valence-electron chi connectivity index (χ3n) is 7.55. The number of carboxylic acids is 1. The molecule has 0 aromatic heterocycles. The van der Waals surface area contributed by atoms with Gasteiger partial charge in [0.25, 0.3) is 0 Å². The summed E-state index contributed by atoms with van der Waals surface area (Å²) >= 11 is 3.90. The van der Waals surface area contributed by atoms with Gasteiger partial charge in [0.2, 0.25) is 0 Å². The van der Waals surface area contributed by atoms with Gasteiger partial charge in [-0.15, -0.1) is 23.5 Å². The van der Waals surface area contributed by atoms with Gasteiger partial charge in [0.1, 0.15) is 0 Å². The van der Waals surface area contributed by atoms with Crippen LogP contribution in [0.3, 0.4) is 0 Å². The second kappa shape index (κ2) is 13.1. The smallest absolute Gasteiger partial charge is 0.303 e. The van der Waals surface area contributed by atoms with Crippen LogP contribution in [0.2, 0.25) is 0 Å². The molecule has 0 spiro atoms. The number of carboxylic acid groups (broad SMARTS) is 1. The topological polar surface area (TPSA) is 37.3 Å². The number of thioether (sulfide) groups is 2. The Kier molecular flexibility index (Phi) is 11.4. The second-order valence-electron chi connectivity index (χ2n) is 16.5. The van der Waals surface area contributed by atoms with Crippen molar-refractivity contribution in [1.82, 2.24) is 0 Å². The number of hydrogen-bond acceptors (Lipinski definition) is 3. The highest BCUT2D eigenvalue weighted by atomic mass is 32.2. The van der Waals surface area contributed by atoms with Gasteiger partial charge in [-0.2, -0.15) is 0 Å². The zero-order valence-corrected chi connectivity index (χ0v) is 30.7. The molecule has 234 valence electrons. The fourth-order valence-corrected chi connectivity index (χ4v) is 7.78. The number of rotatable bonds is 10. The van der Waals surface area contributed by atoms with Crippen LogP contribution in [0.4, 0.5) is 0 Å². The predicted molar refractivity (Wildman–Crippen MR) is 188 cm³/mol. The van der Waals surface area contributed by atoms with Crippen molar-refractivity contribution in [3.63, 3.8) is 0 Å². The van der Waals surface area contributed by atoms with Crippen molar-refractivity contribution < 1.29 is 9.90 Å². The van der Waals surface area contributed by atoms with Crippen LogP contribution < -0.4 is 0 Å². The molecule has 0 aliphatic carbocycles. The SMILES string of the molecule is C=C(CCCC(=O)O)Cc1c(C(C)(C)C)cc(SC(C)(C)Sc2cc(C(C)(C)C)cc(C(C)(C)C)c2)cc1C(C)(C)C. The Morgan fingerprint density at radius 2 is 1.05 bits per heavy atom. The van der Waals surface area contributed by atoms with Crippen molar-refractivity contribution in [2.45, 2.75) is 158 Å². The lowest BCUT2D eigenvalue weighted by atomic mass is 9.74. The monoisotopic (exact) mass is 610 g/mol. The molecule has 0 aliphatic rings. The molecular weight excluding hydrogens is 553 g/mol. The van der Waals surface area contributed by atoms with Gasteiger partial charge in [-0.1, -0.05) is 101 Å². The lowest BCUT2D eigenvalue weighted by molar-refractivity contribution is -0.137. The molecular formula is C38H58O2S2. The lowest BCUT2D eigenvalue weighted by Gasteiger charge is -2.33. The van der Waals surface area contributed by atoms with E-state index in [1.807, 2.05) is 23.5 Å². The quantitative estimate of drug-likeness (QED) is 0.165. The molecule has 0 heterocycles. The van der Waals surface area contributed by atoms with E-state index < -0.39 is 5.97 Å².